The Kier molecular flexibility index (Phi) is 5.81. The van der Waals surface area contributed by atoms with Crippen molar-refractivity contribution in [1.29, 1.82) is 0 Å². The number of aliphatic imine (C=N–C) groups is 1. The summed E-state index contributed by atoms with van der Waals surface area (Å²) in [7, 11) is 1.33. The van der Waals surface area contributed by atoms with Gasteiger partial charge in [0.2, 0.25) is 5.13 Å². The van der Waals surface area contributed by atoms with E-state index in [4.69, 9.17) is 9.73 Å². The van der Waals surface area contributed by atoms with Crippen LogP contribution in [-0.4, -0.2) is 33.6 Å². The van der Waals surface area contributed by atoms with Crippen LogP contribution in [0.1, 0.15) is 30.2 Å². The van der Waals surface area contributed by atoms with Crippen LogP contribution in [0.3, 0.4) is 0 Å². The van der Waals surface area contributed by atoms with E-state index in [1.165, 1.54) is 23.1 Å². The third-order valence-corrected chi connectivity index (χ3v) is 5.93. The molecule has 0 bridgehead atoms. The molecule has 0 aliphatic heterocycles. The number of carbonyl (C=O) groups is 1. The van der Waals surface area contributed by atoms with Crippen molar-refractivity contribution >= 4 is 38.9 Å². The fourth-order valence-electron chi connectivity index (χ4n) is 3.30. The topological polar surface area (TPSA) is 89.3 Å². The van der Waals surface area contributed by atoms with E-state index >= 15 is 0 Å². The highest BCUT2D eigenvalue weighted by Crippen LogP contribution is 2.24. The fourth-order valence-corrected chi connectivity index (χ4v) is 4.23. The van der Waals surface area contributed by atoms with Crippen molar-refractivity contribution in [3.05, 3.63) is 75.7 Å². The van der Waals surface area contributed by atoms with Gasteiger partial charge < -0.3 is 4.74 Å². The van der Waals surface area contributed by atoms with Crippen LogP contribution in [0, 0.1) is 6.92 Å². The zero-order valence-electron chi connectivity index (χ0n) is 17.5. The predicted octanol–water partition coefficient (Wildman–Crippen LogP) is 4.33. The van der Waals surface area contributed by atoms with Crippen molar-refractivity contribution in [3.63, 3.8) is 0 Å². The lowest BCUT2D eigenvalue weighted by Gasteiger charge is -2.04. The van der Waals surface area contributed by atoms with Crippen LogP contribution in [0.2, 0.25) is 0 Å². The maximum absolute atomic E-state index is 13.4. The van der Waals surface area contributed by atoms with E-state index in [0.717, 1.165) is 21.5 Å². The van der Waals surface area contributed by atoms with E-state index in [1.807, 2.05) is 62.4 Å². The van der Waals surface area contributed by atoms with Crippen LogP contribution >= 0.6 is 11.3 Å². The monoisotopic (exact) mass is 434 g/mol. The molecule has 0 unspecified atom stereocenters. The zero-order valence-corrected chi connectivity index (χ0v) is 18.3. The average molecular weight is 435 g/mol. The second-order valence-electron chi connectivity index (χ2n) is 7.07. The first kappa shape index (κ1) is 20.7. The maximum Gasteiger partial charge on any atom is 0.311 e. The normalized spacial score (nSPS) is 11.8. The second-order valence-corrected chi connectivity index (χ2v) is 8.08. The number of nitrogens with zero attached hydrogens (tertiary/aromatic N) is 3. The van der Waals surface area contributed by atoms with E-state index in [1.54, 1.807) is 0 Å². The number of rotatable bonds is 6. The molecule has 0 fully saturated rings. The number of methoxy groups -OCH3 is 1. The van der Waals surface area contributed by atoms with Crippen molar-refractivity contribution in [2.45, 2.75) is 26.7 Å². The molecular formula is C23H22N4O3S. The highest BCUT2D eigenvalue weighted by Gasteiger charge is 2.23. The first-order valence-electron chi connectivity index (χ1n) is 9.91. The third-order valence-electron chi connectivity index (χ3n) is 4.91. The summed E-state index contributed by atoms with van der Waals surface area (Å²) in [4.78, 5) is 34.8. The van der Waals surface area contributed by atoms with Gasteiger partial charge in [-0.25, -0.2) is 4.98 Å². The molecule has 4 rings (SSSR count). The summed E-state index contributed by atoms with van der Waals surface area (Å²) in [6, 6.07) is 15.4. The van der Waals surface area contributed by atoms with E-state index in [9.17, 15) is 9.59 Å². The number of aromatic nitrogens is 3. The van der Waals surface area contributed by atoms with Gasteiger partial charge in [0.05, 0.1) is 46.4 Å². The van der Waals surface area contributed by atoms with Gasteiger partial charge in [-0.3, -0.25) is 19.7 Å². The second kappa shape index (κ2) is 8.69. The number of benzene rings is 2. The van der Waals surface area contributed by atoms with Gasteiger partial charge in [0, 0.05) is 0 Å². The van der Waals surface area contributed by atoms with E-state index in [-0.39, 0.29) is 12.0 Å². The number of fused-ring (bicyclic) bond motifs is 1. The average Bonchev–Trinajstić information content (AvgIpc) is 3.34. The molecule has 1 N–H and O–H groups in total. The standard InChI is InChI=1S/C23H22N4O3S/c1-4-16(24-15-11-9-14(2)10-12-15)21-18(13-20(28)30-3)26-27(22(21)29)23-25-17-7-5-6-8-19(17)31-23/h5-12,26H,4,13H2,1-3H3. The summed E-state index contributed by atoms with van der Waals surface area (Å²) in [6.07, 6.45) is 0.459. The molecule has 2 aromatic carbocycles. The van der Waals surface area contributed by atoms with Crippen molar-refractivity contribution < 1.29 is 9.53 Å². The number of hydrogen-bond donors (Lipinski definition) is 1. The molecule has 7 nitrogen and oxygen atoms in total. The summed E-state index contributed by atoms with van der Waals surface area (Å²) in [5, 5.41) is 3.58. The molecule has 4 aromatic rings. The van der Waals surface area contributed by atoms with Crippen LogP contribution in [-0.2, 0) is 16.0 Å². The van der Waals surface area contributed by atoms with E-state index in [2.05, 4.69) is 10.1 Å². The highest BCUT2D eigenvalue weighted by molar-refractivity contribution is 7.20. The number of H-pyrrole nitrogens is 1. The van der Waals surface area contributed by atoms with Crippen LogP contribution < -0.4 is 5.56 Å². The minimum absolute atomic E-state index is 0.0636. The van der Waals surface area contributed by atoms with Gasteiger partial charge in [-0.1, -0.05) is 48.1 Å². The minimum Gasteiger partial charge on any atom is -0.469 e. The number of esters is 1. The Labute approximate surface area is 183 Å². The first-order chi connectivity index (χ1) is 15.0. The van der Waals surface area contributed by atoms with Crippen LogP contribution in [0.4, 0.5) is 5.69 Å². The van der Waals surface area contributed by atoms with Gasteiger partial charge in [0.15, 0.2) is 0 Å². The van der Waals surface area contributed by atoms with Crippen molar-refractivity contribution in [2.24, 2.45) is 4.99 Å². The Morgan fingerprint density at radius 1 is 1.19 bits per heavy atom. The molecule has 2 heterocycles. The Bertz CT molecular complexity index is 1300. The van der Waals surface area contributed by atoms with Gasteiger partial charge in [-0.05, 0) is 37.6 Å². The van der Waals surface area contributed by atoms with Gasteiger partial charge in [0.25, 0.3) is 5.56 Å². The Balaban J connectivity index is 1.87. The Hall–Kier alpha value is -3.52. The molecule has 8 heteroatoms. The van der Waals surface area contributed by atoms with Gasteiger partial charge in [0.1, 0.15) is 0 Å². The smallest absolute Gasteiger partial charge is 0.311 e. The molecule has 2 aromatic heterocycles. The summed E-state index contributed by atoms with van der Waals surface area (Å²) >= 11 is 1.40. The van der Waals surface area contributed by atoms with Gasteiger partial charge in [-0.15, -0.1) is 0 Å². The molecule has 0 radical (unpaired) electrons. The summed E-state index contributed by atoms with van der Waals surface area (Å²) < 4.78 is 7.19. The third kappa shape index (κ3) is 4.20. The lowest BCUT2D eigenvalue weighted by atomic mass is 10.1. The molecule has 0 atom stereocenters. The molecule has 0 amide bonds. The lowest BCUT2D eigenvalue weighted by molar-refractivity contribution is -0.139. The quantitative estimate of drug-likeness (QED) is 0.361. The van der Waals surface area contributed by atoms with Gasteiger partial charge >= 0.3 is 5.97 Å². The van der Waals surface area contributed by atoms with Crippen molar-refractivity contribution in [3.8, 4) is 5.13 Å². The molecule has 0 spiro atoms. The first-order valence-corrected chi connectivity index (χ1v) is 10.7. The molecule has 0 saturated heterocycles. The summed E-state index contributed by atoms with van der Waals surface area (Å²) in [5.74, 6) is -0.440. The fraction of sp³-hybridized carbons (Fsp3) is 0.217. The summed E-state index contributed by atoms with van der Waals surface area (Å²) in [5.41, 5.74) is 3.84. The van der Waals surface area contributed by atoms with Crippen molar-refractivity contribution in [1.82, 2.24) is 14.8 Å². The number of thiazole rings is 1. The number of ether oxygens (including phenoxy) is 1. The number of carbonyl (C=O) groups excluding carboxylic acids is 1. The van der Waals surface area contributed by atoms with E-state index < -0.39 is 5.97 Å². The van der Waals surface area contributed by atoms with Gasteiger partial charge in [-0.2, -0.15) is 4.68 Å². The Morgan fingerprint density at radius 2 is 1.94 bits per heavy atom. The number of aryl methyl sites for hydroxylation is 1. The number of aromatic amines is 1. The lowest BCUT2D eigenvalue weighted by Crippen LogP contribution is -2.21. The summed E-state index contributed by atoms with van der Waals surface area (Å²) in [6.45, 7) is 3.94. The molecule has 0 aliphatic rings. The molecule has 0 saturated carbocycles. The largest absolute Gasteiger partial charge is 0.469 e. The predicted molar refractivity (Wildman–Crippen MR) is 123 cm³/mol. The molecule has 158 valence electrons. The van der Waals surface area contributed by atoms with E-state index in [0.29, 0.717) is 28.5 Å². The van der Waals surface area contributed by atoms with Crippen molar-refractivity contribution in [2.75, 3.05) is 7.11 Å². The van der Waals surface area contributed by atoms with Crippen LogP contribution in [0.25, 0.3) is 15.3 Å². The zero-order chi connectivity index (χ0) is 22.0. The molecular weight excluding hydrogens is 412 g/mol. The number of nitrogens with one attached hydrogen (secondary N) is 1. The Morgan fingerprint density at radius 3 is 2.61 bits per heavy atom. The highest BCUT2D eigenvalue weighted by atomic mass is 32.1. The number of hydrogen-bond acceptors (Lipinski definition) is 6. The minimum atomic E-state index is -0.440. The van der Waals surface area contributed by atoms with Crippen LogP contribution in [0.15, 0.2) is 58.3 Å². The SMILES string of the molecule is CCC(=Nc1ccc(C)cc1)c1c(CC(=O)OC)[nH]n(-c2nc3ccccc3s2)c1=O. The molecule has 31 heavy (non-hydrogen) atoms. The molecule has 0 aliphatic carbocycles. The number of para-hydroxylation sites is 1. The maximum atomic E-state index is 13.4. The van der Waals surface area contributed by atoms with Crippen LogP contribution in [0.5, 0.6) is 0 Å².